The Labute approximate surface area is 108 Å². The van der Waals surface area contributed by atoms with Crippen molar-refractivity contribution in [1.82, 2.24) is 15.2 Å². The van der Waals surface area contributed by atoms with Gasteiger partial charge in [0.05, 0.1) is 6.42 Å². The van der Waals surface area contributed by atoms with Gasteiger partial charge in [-0.15, -0.1) is 0 Å². The van der Waals surface area contributed by atoms with E-state index in [1.807, 2.05) is 31.0 Å². The second-order valence-corrected chi connectivity index (χ2v) is 4.93. The lowest BCUT2D eigenvalue weighted by molar-refractivity contribution is -0.131. The van der Waals surface area contributed by atoms with Crippen LogP contribution in [-0.2, 0) is 11.2 Å². The average Bonchev–Trinajstić information content (AvgIpc) is 2.81. The molecule has 1 aromatic rings. The Bertz CT molecular complexity index is 402. The molecular formula is C14H21N3O. The third-order valence-corrected chi connectivity index (χ3v) is 3.47. The van der Waals surface area contributed by atoms with Crippen LogP contribution >= 0.6 is 0 Å². The number of amides is 1. The predicted octanol–water partition coefficient (Wildman–Crippen LogP) is 1.14. The van der Waals surface area contributed by atoms with Gasteiger partial charge in [0.2, 0.25) is 5.91 Å². The van der Waals surface area contributed by atoms with Crippen molar-refractivity contribution < 1.29 is 4.79 Å². The number of nitrogens with zero attached hydrogens (tertiary/aromatic N) is 2. The quantitative estimate of drug-likeness (QED) is 0.868. The first-order valence-electron chi connectivity index (χ1n) is 6.56. The molecule has 1 unspecified atom stereocenters. The predicted molar refractivity (Wildman–Crippen MR) is 71.3 cm³/mol. The van der Waals surface area contributed by atoms with Crippen molar-refractivity contribution in [1.29, 1.82) is 0 Å². The maximum atomic E-state index is 12.3. The molecule has 2 rings (SSSR count). The zero-order valence-electron chi connectivity index (χ0n) is 11.1. The number of rotatable bonds is 4. The number of pyridine rings is 1. The standard InChI is InChI=1S/C14H21N3O/c1-11-5-6-12(9-16-11)8-14(18)17-7-3-4-13(17)10-15-2/h5-6,9,13,15H,3-4,7-8,10H2,1-2H3. The number of hydrogen-bond acceptors (Lipinski definition) is 3. The molecule has 1 atom stereocenters. The minimum Gasteiger partial charge on any atom is -0.338 e. The molecule has 1 amide bonds. The van der Waals surface area contributed by atoms with Crippen LogP contribution in [0.2, 0.25) is 0 Å². The minimum atomic E-state index is 0.221. The number of carbonyl (C=O) groups excluding carboxylic acids is 1. The SMILES string of the molecule is CNCC1CCCN1C(=O)Cc1ccc(C)nc1. The zero-order chi connectivity index (χ0) is 13.0. The highest BCUT2D eigenvalue weighted by Crippen LogP contribution is 2.18. The molecule has 1 aliphatic rings. The van der Waals surface area contributed by atoms with E-state index in [2.05, 4.69) is 10.3 Å². The highest BCUT2D eigenvalue weighted by molar-refractivity contribution is 5.79. The van der Waals surface area contributed by atoms with Gasteiger partial charge in [-0.1, -0.05) is 6.07 Å². The van der Waals surface area contributed by atoms with Gasteiger partial charge in [0.25, 0.3) is 0 Å². The monoisotopic (exact) mass is 247 g/mol. The first kappa shape index (κ1) is 13.0. The van der Waals surface area contributed by atoms with E-state index >= 15 is 0 Å². The van der Waals surface area contributed by atoms with Crippen LogP contribution in [0.25, 0.3) is 0 Å². The third kappa shape index (κ3) is 3.07. The molecule has 1 fully saturated rings. The van der Waals surface area contributed by atoms with E-state index in [4.69, 9.17) is 0 Å². The van der Waals surface area contributed by atoms with Crippen molar-refractivity contribution in [2.75, 3.05) is 20.1 Å². The van der Waals surface area contributed by atoms with Gasteiger partial charge in [0.1, 0.15) is 0 Å². The van der Waals surface area contributed by atoms with Crippen LogP contribution in [0, 0.1) is 6.92 Å². The van der Waals surface area contributed by atoms with Gasteiger partial charge in [-0.05, 0) is 38.4 Å². The molecule has 0 radical (unpaired) electrons. The Hall–Kier alpha value is -1.42. The van der Waals surface area contributed by atoms with Crippen LogP contribution in [0.15, 0.2) is 18.3 Å². The summed E-state index contributed by atoms with van der Waals surface area (Å²) >= 11 is 0. The average molecular weight is 247 g/mol. The van der Waals surface area contributed by atoms with E-state index in [9.17, 15) is 4.79 Å². The maximum Gasteiger partial charge on any atom is 0.227 e. The van der Waals surface area contributed by atoms with Crippen molar-refractivity contribution in [3.63, 3.8) is 0 Å². The Morgan fingerprint density at radius 1 is 1.56 bits per heavy atom. The lowest BCUT2D eigenvalue weighted by Crippen LogP contribution is -2.41. The fourth-order valence-electron chi connectivity index (χ4n) is 2.49. The second-order valence-electron chi connectivity index (χ2n) is 4.93. The second kappa shape index (κ2) is 5.96. The van der Waals surface area contributed by atoms with E-state index in [0.717, 1.165) is 37.2 Å². The van der Waals surface area contributed by atoms with Gasteiger partial charge < -0.3 is 10.2 Å². The molecule has 4 nitrogen and oxygen atoms in total. The van der Waals surface area contributed by atoms with Gasteiger partial charge in [0.15, 0.2) is 0 Å². The largest absolute Gasteiger partial charge is 0.338 e. The van der Waals surface area contributed by atoms with E-state index in [-0.39, 0.29) is 5.91 Å². The highest BCUT2D eigenvalue weighted by atomic mass is 16.2. The Morgan fingerprint density at radius 3 is 3.06 bits per heavy atom. The van der Waals surface area contributed by atoms with Crippen LogP contribution in [0.1, 0.15) is 24.1 Å². The molecule has 0 aromatic carbocycles. The lowest BCUT2D eigenvalue weighted by atomic mass is 10.1. The summed E-state index contributed by atoms with van der Waals surface area (Å²) in [6.07, 6.45) is 4.49. The highest BCUT2D eigenvalue weighted by Gasteiger charge is 2.27. The summed E-state index contributed by atoms with van der Waals surface area (Å²) in [4.78, 5) is 18.5. The first-order valence-corrected chi connectivity index (χ1v) is 6.56. The Morgan fingerprint density at radius 2 is 2.39 bits per heavy atom. The number of likely N-dealkylation sites (N-methyl/N-ethyl adjacent to an activating group) is 1. The third-order valence-electron chi connectivity index (χ3n) is 3.47. The number of carbonyl (C=O) groups is 1. The molecule has 2 heterocycles. The van der Waals surface area contributed by atoms with Crippen LogP contribution < -0.4 is 5.32 Å². The summed E-state index contributed by atoms with van der Waals surface area (Å²) in [6.45, 7) is 3.73. The molecule has 1 aromatic heterocycles. The molecule has 0 aliphatic carbocycles. The fourth-order valence-corrected chi connectivity index (χ4v) is 2.49. The zero-order valence-corrected chi connectivity index (χ0v) is 11.1. The molecule has 18 heavy (non-hydrogen) atoms. The Kier molecular flexibility index (Phi) is 4.31. The van der Waals surface area contributed by atoms with Crippen molar-refractivity contribution in [3.8, 4) is 0 Å². The first-order chi connectivity index (χ1) is 8.70. The summed E-state index contributed by atoms with van der Waals surface area (Å²) in [5.41, 5.74) is 1.99. The normalized spacial score (nSPS) is 19.2. The van der Waals surface area contributed by atoms with Gasteiger partial charge in [-0.3, -0.25) is 9.78 Å². The van der Waals surface area contributed by atoms with Gasteiger partial charge >= 0.3 is 0 Å². The van der Waals surface area contributed by atoms with E-state index in [0.29, 0.717) is 12.5 Å². The van der Waals surface area contributed by atoms with E-state index in [1.165, 1.54) is 0 Å². The number of likely N-dealkylation sites (tertiary alicyclic amines) is 1. The summed E-state index contributed by atoms with van der Waals surface area (Å²) in [5, 5.41) is 3.16. The van der Waals surface area contributed by atoms with Crippen molar-refractivity contribution in [3.05, 3.63) is 29.6 Å². The number of nitrogens with one attached hydrogen (secondary N) is 1. The van der Waals surface area contributed by atoms with Gasteiger partial charge in [-0.25, -0.2) is 0 Å². The molecule has 4 heteroatoms. The van der Waals surface area contributed by atoms with Crippen LogP contribution in [0.5, 0.6) is 0 Å². The Balaban J connectivity index is 1.96. The summed E-state index contributed by atoms with van der Waals surface area (Å²) < 4.78 is 0. The molecule has 1 saturated heterocycles. The lowest BCUT2D eigenvalue weighted by Gasteiger charge is -2.24. The number of hydrogen-bond donors (Lipinski definition) is 1. The number of aryl methyl sites for hydroxylation is 1. The molecule has 0 bridgehead atoms. The number of aromatic nitrogens is 1. The molecule has 98 valence electrons. The minimum absolute atomic E-state index is 0.221. The smallest absolute Gasteiger partial charge is 0.227 e. The fraction of sp³-hybridized carbons (Fsp3) is 0.571. The molecular weight excluding hydrogens is 226 g/mol. The van der Waals surface area contributed by atoms with E-state index < -0.39 is 0 Å². The topological polar surface area (TPSA) is 45.2 Å². The van der Waals surface area contributed by atoms with Gasteiger partial charge in [0, 0.05) is 31.0 Å². The molecule has 0 spiro atoms. The van der Waals surface area contributed by atoms with E-state index in [1.54, 1.807) is 6.20 Å². The molecule has 0 saturated carbocycles. The van der Waals surface area contributed by atoms with Crippen LogP contribution in [-0.4, -0.2) is 42.0 Å². The van der Waals surface area contributed by atoms with Gasteiger partial charge in [-0.2, -0.15) is 0 Å². The maximum absolute atomic E-state index is 12.3. The molecule has 1 aliphatic heterocycles. The van der Waals surface area contributed by atoms with Crippen molar-refractivity contribution in [2.24, 2.45) is 0 Å². The summed E-state index contributed by atoms with van der Waals surface area (Å²) in [7, 11) is 1.94. The molecule has 1 N–H and O–H groups in total. The van der Waals surface area contributed by atoms with Crippen molar-refractivity contribution >= 4 is 5.91 Å². The van der Waals surface area contributed by atoms with Crippen molar-refractivity contribution in [2.45, 2.75) is 32.2 Å². The summed E-state index contributed by atoms with van der Waals surface area (Å²) in [5.74, 6) is 0.221. The van der Waals surface area contributed by atoms with Crippen LogP contribution in [0.3, 0.4) is 0 Å². The summed E-state index contributed by atoms with van der Waals surface area (Å²) in [6, 6.07) is 4.31. The van der Waals surface area contributed by atoms with Crippen LogP contribution in [0.4, 0.5) is 0 Å².